The second kappa shape index (κ2) is 41.6. The van der Waals surface area contributed by atoms with Crippen molar-refractivity contribution in [3.63, 3.8) is 0 Å². The molecule has 0 aliphatic rings. The van der Waals surface area contributed by atoms with Crippen molar-refractivity contribution < 1.29 is 42.7 Å². The zero-order valence-corrected chi connectivity index (χ0v) is 36.9. The molecule has 10 nitrogen and oxygen atoms in total. The molecule has 0 spiro atoms. The molecule has 3 atom stereocenters. The number of aliphatic carboxylic acids is 1. The fraction of sp³-hybridized carbons (Fsp3) is 0.867. The van der Waals surface area contributed by atoms with E-state index in [0.29, 0.717) is 13.0 Å². The first-order valence-electron chi connectivity index (χ1n) is 22.9. The lowest BCUT2D eigenvalue weighted by atomic mass is 10.1. The molecule has 0 aromatic rings. The van der Waals surface area contributed by atoms with E-state index < -0.39 is 45.1 Å². The van der Waals surface area contributed by atoms with Crippen LogP contribution in [0.4, 0.5) is 0 Å². The lowest BCUT2D eigenvalue weighted by molar-refractivity contribution is -0.154. The summed E-state index contributed by atoms with van der Waals surface area (Å²) in [4.78, 5) is 33.6. The summed E-state index contributed by atoms with van der Waals surface area (Å²) in [5.41, 5.74) is 5.36. The van der Waals surface area contributed by atoms with Gasteiger partial charge in [0, 0.05) is 13.0 Å². The van der Waals surface area contributed by atoms with Crippen LogP contribution in [0.15, 0.2) is 24.3 Å². The maximum absolute atomic E-state index is 12.6. The Balaban J connectivity index is 4.22. The average Bonchev–Trinajstić information content (AvgIpc) is 3.18. The number of unbranched alkanes of at least 4 members (excludes halogenated alkanes) is 26. The van der Waals surface area contributed by atoms with Gasteiger partial charge in [-0.1, -0.05) is 167 Å². The Bertz CT molecular complexity index is 993. The first kappa shape index (κ1) is 54.5. The van der Waals surface area contributed by atoms with E-state index in [1.807, 2.05) is 0 Å². The summed E-state index contributed by atoms with van der Waals surface area (Å²) < 4.78 is 33.4. The molecular weight excluding hydrogens is 729 g/mol. The Kier molecular flexibility index (Phi) is 40.5. The average molecular weight is 816 g/mol. The third-order valence-electron chi connectivity index (χ3n) is 9.95. The number of phosphoric acid groups is 1. The van der Waals surface area contributed by atoms with Gasteiger partial charge in [0.2, 0.25) is 0 Å². The van der Waals surface area contributed by atoms with Crippen molar-refractivity contribution in [2.45, 2.75) is 225 Å². The predicted molar refractivity (Wildman–Crippen MR) is 231 cm³/mol. The van der Waals surface area contributed by atoms with E-state index in [9.17, 15) is 19.0 Å². The molecule has 0 heterocycles. The summed E-state index contributed by atoms with van der Waals surface area (Å²) in [5.74, 6) is -1.78. The van der Waals surface area contributed by atoms with E-state index in [4.69, 9.17) is 29.4 Å². The molecule has 11 heteroatoms. The molecule has 0 saturated heterocycles. The molecule has 0 aromatic carbocycles. The molecule has 0 aliphatic heterocycles. The number of carbonyl (C=O) groups excluding carboxylic acids is 1. The van der Waals surface area contributed by atoms with Crippen molar-refractivity contribution in [3.05, 3.63) is 24.3 Å². The van der Waals surface area contributed by atoms with Gasteiger partial charge in [-0.05, 0) is 64.2 Å². The van der Waals surface area contributed by atoms with Gasteiger partial charge in [-0.25, -0.2) is 4.57 Å². The molecule has 0 amide bonds. The summed E-state index contributed by atoms with van der Waals surface area (Å²) in [5, 5.41) is 8.90. The van der Waals surface area contributed by atoms with Crippen LogP contribution in [0.1, 0.15) is 213 Å². The van der Waals surface area contributed by atoms with Crippen molar-refractivity contribution in [2.24, 2.45) is 5.73 Å². The first-order valence-corrected chi connectivity index (χ1v) is 24.4. The van der Waals surface area contributed by atoms with Crippen molar-refractivity contribution >= 4 is 19.8 Å². The predicted octanol–water partition coefficient (Wildman–Crippen LogP) is 12.7. The number of ether oxygens (including phenoxy) is 2. The maximum atomic E-state index is 12.6. The normalized spacial score (nSPS) is 14.1. The molecule has 330 valence electrons. The summed E-state index contributed by atoms with van der Waals surface area (Å²) in [7, 11) is -4.62. The number of hydrogen-bond donors (Lipinski definition) is 3. The Hall–Kier alpha value is -1.55. The van der Waals surface area contributed by atoms with Gasteiger partial charge in [-0.3, -0.25) is 18.6 Å². The first-order chi connectivity index (χ1) is 27.2. The van der Waals surface area contributed by atoms with Gasteiger partial charge in [0.1, 0.15) is 12.1 Å². The quantitative estimate of drug-likeness (QED) is 0.0234. The largest absolute Gasteiger partial charge is 0.480 e. The third kappa shape index (κ3) is 40.6. The van der Waals surface area contributed by atoms with Gasteiger partial charge in [-0.15, -0.1) is 0 Å². The lowest BCUT2D eigenvalue weighted by Crippen LogP contribution is -2.34. The highest BCUT2D eigenvalue weighted by Gasteiger charge is 2.27. The van der Waals surface area contributed by atoms with Crippen LogP contribution in [0.25, 0.3) is 0 Å². The molecule has 0 aromatic heterocycles. The van der Waals surface area contributed by atoms with Crippen molar-refractivity contribution in [1.29, 1.82) is 0 Å². The molecule has 0 saturated carbocycles. The number of carbonyl (C=O) groups is 2. The summed E-state index contributed by atoms with van der Waals surface area (Å²) in [6.07, 6.45) is 45.1. The second-order valence-electron chi connectivity index (χ2n) is 15.5. The van der Waals surface area contributed by atoms with E-state index in [2.05, 4.69) is 38.2 Å². The molecule has 0 radical (unpaired) electrons. The van der Waals surface area contributed by atoms with Gasteiger partial charge in [0.05, 0.1) is 19.8 Å². The Morgan fingerprint density at radius 1 is 0.554 bits per heavy atom. The Labute approximate surface area is 343 Å². The number of rotatable bonds is 44. The number of nitrogens with two attached hydrogens (primary N) is 1. The molecular formula is C45H86NO9P. The van der Waals surface area contributed by atoms with Crippen LogP contribution in [0, 0.1) is 0 Å². The van der Waals surface area contributed by atoms with Crippen LogP contribution in [-0.2, 0) is 32.7 Å². The minimum atomic E-state index is -4.62. The fourth-order valence-corrected chi connectivity index (χ4v) is 7.14. The van der Waals surface area contributed by atoms with Gasteiger partial charge in [0.25, 0.3) is 0 Å². The van der Waals surface area contributed by atoms with Gasteiger partial charge < -0.3 is 25.2 Å². The number of carboxylic acid groups (broad SMARTS) is 1. The molecule has 0 bridgehead atoms. The van der Waals surface area contributed by atoms with E-state index in [0.717, 1.165) is 51.4 Å². The van der Waals surface area contributed by atoms with E-state index in [-0.39, 0.29) is 13.0 Å². The monoisotopic (exact) mass is 816 g/mol. The summed E-state index contributed by atoms with van der Waals surface area (Å²) in [6.45, 7) is 3.88. The topological polar surface area (TPSA) is 155 Å². The standard InChI is InChI=1S/C45H86NO9P/c1-3-5-7-9-11-13-15-17-19-21-23-25-27-29-31-33-35-37-44(47)55-42(40-53-56(50,51)54-41-43(46)45(48)49)39-52-38-36-34-32-30-28-26-24-22-20-18-16-14-12-10-8-6-4-2/h17,19-20,22,42-43H,3-16,18,21,23-41,46H2,1-2H3,(H,48,49)(H,50,51)/b19-17-,22-20-. The SMILES string of the molecule is CCCCCCCC/C=C\CCCCCCCCCC(=O)OC(COCCCCCCCC/C=C\CCCCCCCCC)COP(=O)(O)OCC(N)C(=O)O. The molecule has 56 heavy (non-hydrogen) atoms. The molecule has 4 N–H and O–H groups in total. The maximum Gasteiger partial charge on any atom is 0.472 e. The molecule has 0 aliphatic carbocycles. The number of hydrogen-bond acceptors (Lipinski definition) is 8. The second-order valence-corrected chi connectivity index (χ2v) is 17.0. The van der Waals surface area contributed by atoms with Crippen molar-refractivity contribution in [3.8, 4) is 0 Å². The van der Waals surface area contributed by atoms with Crippen LogP contribution in [0.2, 0.25) is 0 Å². The van der Waals surface area contributed by atoms with E-state index >= 15 is 0 Å². The van der Waals surface area contributed by atoms with Gasteiger partial charge >= 0.3 is 19.8 Å². The minimum absolute atomic E-state index is 0.0137. The number of phosphoric ester groups is 1. The number of allylic oxidation sites excluding steroid dienone is 4. The van der Waals surface area contributed by atoms with Gasteiger partial charge in [-0.2, -0.15) is 0 Å². The van der Waals surface area contributed by atoms with Crippen LogP contribution >= 0.6 is 7.82 Å². The highest BCUT2D eigenvalue weighted by atomic mass is 31.2. The van der Waals surface area contributed by atoms with Crippen molar-refractivity contribution in [2.75, 3.05) is 26.4 Å². The summed E-state index contributed by atoms with van der Waals surface area (Å²) in [6, 6.07) is -1.47. The minimum Gasteiger partial charge on any atom is -0.480 e. The highest BCUT2D eigenvalue weighted by molar-refractivity contribution is 7.47. The van der Waals surface area contributed by atoms with Crippen LogP contribution < -0.4 is 5.73 Å². The molecule has 0 fully saturated rings. The van der Waals surface area contributed by atoms with Crippen LogP contribution in [-0.4, -0.2) is 60.5 Å². The number of esters is 1. The van der Waals surface area contributed by atoms with Gasteiger partial charge in [0.15, 0.2) is 0 Å². The Morgan fingerprint density at radius 3 is 1.36 bits per heavy atom. The fourth-order valence-electron chi connectivity index (χ4n) is 6.36. The zero-order chi connectivity index (χ0) is 41.2. The summed E-state index contributed by atoms with van der Waals surface area (Å²) >= 11 is 0. The van der Waals surface area contributed by atoms with E-state index in [1.165, 1.54) is 135 Å². The molecule has 0 rings (SSSR count). The third-order valence-corrected chi connectivity index (χ3v) is 10.9. The number of carboxylic acids is 1. The highest BCUT2D eigenvalue weighted by Crippen LogP contribution is 2.43. The molecule has 3 unspecified atom stereocenters. The van der Waals surface area contributed by atoms with Crippen molar-refractivity contribution in [1.82, 2.24) is 0 Å². The Morgan fingerprint density at radius 2 is 0.929 bits per heavy atom. The van der Waals surface area contributed by atoms with E-state index in [1.54, 1.807) is 0 Å². The smallest absolute Gasteiger partial charge is 0.472 e. The zero-order valence-electron chi connectivity index (χ0n) is 36.0. The van der Waals surface area contributed by atoms with Crippen LogP contribution in [0.3, 0.4) is 0 Å². The van der Waals surface area contributed by atoms with Crippen LogP contribution in [0.5, 0.6) is 0 Å². The lowest BCUT2D eigenvalue weighted by Gasteiger charge is -2.20.